The van der Waals surface area contributed by atoms with E-state index in [-0.39, 0.29) is 11.0 Å². The van der Waals surface area contributed by atoms with Crippen LogP contribution >= 0.6 is 12.2 Å². The molecule has 0 aromatic rings. The van der Waals surface area contributed by atoms with Gasteiger partial charge in [-0.15, -0.1) is 0 Å². The van der Waals surface area contributed by atoms with Gasteiger partial charge in [-0.05, 0) is 27.2 Å². The van der Waals surface area contributed by atoms with Crippen molar-refractivity contribution >= 4 is 17.2 Å². The third-order valence-corrected chi connectivity index (χ3v) is 2.85. The highest BCUT2D eigenvalue weighted by Gasteiger charge is 2.20. The van der Waals surface area contributed by atoms with Crippen LogP contribution in [0.2, 0.25) is 0 Å². The van der Waals surface area contributed by atoms with Gasteiger partial charge in [-0.2, -0.15) is 0 Å². The molecule has 4 heteroatoms. The summed E-state index contributed by atoms with van der Waals surface area (Å²) in [6.07, 6.45) is 0.845. The van der Waals surface area contributed by atoms with E-state index in [0.29, 0.717) is 24.8 Å². The summed E-state index contributed by atoms with van der Waals surface area (Å²) in [5, 5.41) is 0. The zero-order chi connectivity index (χ0) is 12.8. The molecule has 0 spiro atoms. The van der Waals surface area contributed by atoms with E-state index >= 15 is 0 Å². The molecule has 0 aliphatic heterocycles. The maximum Gasteiger partial charge on any atom is 0.0785 e. The molecule has 0 heterocycles. The first-order chi connectivity index (χ1) is 7.15. The Kier molecular flexibility index (Phi) is 6.44. The van der Waals surface area contributed by atoms with Crippen molar-refractivity contribution in [2.75, 3.05) is 19.8 Å². The molecule has 0 bridgehead atoms. The standard InChI is InChI=1S/C12H25NO2S/c1-11(2,3)15-9-8-14-7-6-12(4,5)10(13)16/h6-9H2,1-5H3,(H2,13,16). The van der Waals surface area contributed by atoms with E-state index in [9.17, 15) is 0 Å². The Balaban J connectivity index is 3.52. The maximum absolute atomic E-state index is 5.62. The summed E-state index contributed by atoms with van der Waals surface area (Å²) in [6.45, 7) is 12.1. The Morgan fingerprint density at radius 3 is 2.06 bits per heavy atom. The Labute approximate surface area is 105 Å². The second-order valence-electron chi connectivity index (χ2n) is 5.57. The van der Waals surface area contributed by atoms with Crippen molar-refractivity contribution in [3.05, 3.63) is 0 Å². The monoisotopic (exact) mass is 247 g/mol. The maximum atomic E-state index is 5.62. The largest absolute Gasteiger partial charge is 0.393 e. The molecule has 0 fully saturated rings. The highest BCUT2D eigenvalue weighted by molar-refractivity contribution is 7.80. The van der Waals surface area contributed by atoms with Crippen LogP contribution < -0.4 is 5.73 Å². The van der Waals surface area contributed by atoms with Crippen LogP contribution in [0, 0.1) is 5.41 Å². The predicted octanol–water partition coefficient (Wildman–Crippen LogP) is 2.52. The molecule has 3 nitrogen and oxygen atoms in total. The van der Waals surface area contributed by atoms with Crippen LogP contribution in [0.4, 0.5) is 0 Å². The fourth-order valence-electron chi connectivity index (χ4n) is 0.959. The Hall–Kier alpha value is -0.190. The van der Waals surface area contributed by atoms with Gasteiger partial charge in [-0.25, -0.2) is 0 Å². The lowest BCUT2D eigenvalue weighted by molar-refractivity contribution is -0.0364. The number of ether oxygens (including phenoxy) is 2. The van der Waals surface area contributed by atoms with Crippen LogP contribution in [-0.4, -0.2) is 30.4 Å². The van der Waals surface area contributed by atoms with Crippen molar-refractivity contribution in [3.63, 3.8) is 0 Å². The SMILES string of the molecule is CC(C)(C)OCCOCCC(C)(C)C(N)=S. The third kappa shape index (κ3) is 8.02. The predicted molar refractivity (Wildman–Crippen MR) is 71.7 cm³/mol. The van der Waals surface area contributed by atoms with Crippen molar-refractivity contribution in [1.29, 1.82) is 0 Å². The first kappa shape index (κ1) is 15.8. The lowest BCUT2D eigenvalue weighted by Crippen LogP contribution is -2.31. The van der Waals surface area contributed by atoms with E-state index in [0.717, 1.165) is 6.42 Å². The molecule has 16 heavy (non-hydrogen) atoms. The molecule has 2 N–H and O–H groups in total. The van der Waals surface area contributed by atoms with E-state index in [1.807, 2.05) is 34.6 Å². The summed E-state index contributed by atoms with van der Waals surface area (Å²) in [4.78, 5) is 0.544. The second-order valence-corrected chi connectivity index (χ2v) is 6.01. The quantitative estimate of drug-likeness (QED) is 0.554. The van der Waals surface area contributed by atoms with Gasteiger partial charge in [0.2, 0.25) is 0 Å². The molecule has 0 radical (unpaired) electrons. The van der Waals surface area contributed by atoms with Crippen molar-refractivity contribution in [2.45, 2.75) is 46.6 Å². The molecule has 0 aliphatic rings. The zero-order valence-electron chi connectivity index (χ0n) is 11.1. The molecular weight excluding hydrogens is 222 g/mol. The average Bonchev–Trinajstić information content (AvgIpc) is 2.09. The van der Waals surface area contributed by atoms with E-state index in [1.54, 1.807) is 0 Å². The summed E-state index contributed by atoms with van der Waals surface area (Å²) in [5.74, 6) is 0. The fraction of sp³-hybridized carbons (Fsp3) is 0.917. The second kappa shape index (κ2) is 6.52. The summed E-state index contributed by atoms with van der Waals surface area (Å²) in [5.41, 5.74) is 5.40. The highest BCUT2D eigenvalue weighted by Crippen LogP contribution is 2.20. The van der Waals surface area contributed by atoms with Gasteiger partial charge in [0.25, 0.3) is 0 Å². The molecule has 0 saturated heterocycles. The van der Waals surface area contributed by atoms with Gasteiger partial charge < -0.3 is 15.2 Å². The summed E-state index contributed by atoms with van der Waals surface area (Å²) in [7, 11) is 0. The first-order valence-corrected chi connectivity index (χ1v) is 6.07. The van der Waals surface area contributed by atoms with Crippen LogP contribution in [-0.2, 0) is 9.47 Å². The molecular formula is C12H25NO2S. The number of hydrogen-bond donors (Lipinski definition) is 1. The lowest BCUT2D eigenvalue weighted by Gasteiger charge is -2.23. The fourth-order valence-corrected chi connectivity index (χ4v) is 1.06. The Bertz CT molecular complexity index is 222. The average molecular weight is 247 g/mol. The smallest absolute Gasteiger partial charge is 0.0785 e. The van der Waals surface area contributed by atoms with Gasteiger partial charge >= 0.3 is 0 Å². The summed E-state index contributed by atoms with van der Waals surface area (Å²) >= 11 is 4.98. The number of hydrogen-bond acceptors (Lipinski definition) is 3. The molecule has 96 valence electrons. The summed E-state index contributed by atoms with van der Waals surface area (Å²) < 4.78 is 11.0. The van der Waals surface area contributed by atoms with E-state index in [1.165, 1.54) is 0 Å². The van der Waals surface area contributed by atoms with Crippen molar-refractivity contribution in [2.24, 2.45) is 11.1 Å². The summed E-state index contributed by atoms with van der Waals surface area (Å²) in [6, 6.07) is 0. The van der Waals surface area contributed by atoms with Gasteiger partial charge in [0, 0.05) is 12.0 Å². The Morgan fingerprint density at radius 1 is 1.06 bits per heavy atom. The number of nitrogens with two attached hydrogens (primary N) is 1. The molecule has 0 aliphatic carbocycles. The molecule has 0 saturated carbocycles. The molecule has 0 aromatic carbocycles. The molecule has 0 amide bonds. The van der Waals surface area contributed by atoms with E-state index in [2.05, 4.69) is 0 Å². The topological polar surface area (TPSA) is 44.5 Å². The first-order valence-electron chi connectivity index (χ1n) is 5.67. The lowest BCUT2D eigenvalue weighted by atomic mass is 9.90. The third-order valence-electron chi connectivity index (χ3n) is 2.30. The van der Waals surface area contributed by atoms with Gasteiger partial charge in [0.1, 0.15) is 0 Å². The molecule has 0 rings (SSSR count). The van der Waals surface area contributed by atoms with E-state index < -0.39 is 0 Å². The van der Waals surface area contributed by atoms with Crippen molar-refractivity contribution in [1.82, 2.24) is 0 Å². The van der Waals surface area contributed by atoms with Crippen LogP contribution in [0.15, 0.2) is 0 Å². The van der Waals surface area contributed by atoms with Crippen LogP contribution in [0.3, 0.4) is 0 Å². The number of thiocarbonyl (C=S) groups is 1. The van der Waals surface area contributed by atoms with Crippen molar-refractivity contribution < 1.29 is 9.47 Å². The van der Waals surface area contributed by atoms with Gasteiger partial charge in [0.05, 0.1) is 23.8 Å². The van der Waals surface area contributed by atoms with Crippen LogP contribution in [0.5, 0.6) is 0 Å². The molecule has 0 atom stereocenters. The molecule has 0 aromatic heterocycles. The zero-order valence-corrected chi connectivity index (χ0v) is 11.9. The highest BCUT2D eigenvalue weighted by atomic mass is 32.1. The van der Waals surface area contributed by atoms with Gasteiger partial charge in [-0.3, -0.25) is 0 Å². The minimum Gasteiger partial charge on any atom is -0.393 e. The van der Waals surface area contributed by atoms with Crippen LogP contribution in [0.1, 0.15) is 41.0 Å². The van der Waals surface area contributed by atoms with Gasteiger partial charge in [0.15, 0.2) is 0 Å². The van der Waals surface area contributed by atoms with Gasteiger partial charge in [-0.1, -0.05) is 26.1 Å². The van der Waals surface area contributed by atoms with Crippen molar-refractivity contribution in [3.8, 4) is 0 Å². The Morgan fingerprint density at radius 2 is 1.62 bits per heavy atom. The number of rotatable bonds is 7. The van der Waals surface area contributed by atoms with E-state index in [4.69, 9.17) is 27.4 Å². The van der Waals surface area contributed by atoms with Crippen LogP contribution in [0.25, 0.3) is 0 Å². The minimum absolute atomic E-state index is 0.0958. The normalized spacial score (nSPS) is 12.8. The molecule has 0 unspecified atom stereocenters. The minimum atomic E-state index is -0.125.